The second-order valence-corrected chi connectivity index (χ2v) is 6.83. The Hall–Kier alpha value is -1.04. The molecule has 2 atom stereocenters. The first kappa shape index (κ1) is 14.9. The smallest absolute Gasteiger partial charge is 0.231 e. The van der Waals surface area contributed by atoms with Gasteiger partial charge in [0.25, 0.3) is 0 Å². The molecular formula is C15H18ClN3OS. The van der Waals surface area contributed by atoms with E-state index < -0.39 is 0 Å². The maximum Gasteiger partial charge on any atom is 0.231 e. The van der Waals surface area contributed by atoms with Crippen LogP contribution in [0, 0.1) is 0 Å². The van der Waals surface area contributed by atoms with Gasteiger partial charge in [0.2, 0.25) is 5.89 Å². The molecule has 112 valence electrons. The molecule has 0 bridgehead atoms. The number of halogens is 1. The molecule has 6 heteroatoms. The third kappa shape index (κ3) is 3.78. The first-order valence-corrected chi connectivity index (χ1v) is 8.55. The lowest BCUT2D eigenvalue weighted by atomic mass is 9.85. The Morgan fingerprint density at radius 3 is 3.00 bits per heavy atom. The lowest BCUT2D eigenvalue weighted by Crippen LogP contribution is -2.31. The molecule has 0 radical (unpaired) electrons. The molecule has 1 aromatic heterocycles. The van der Waals surface area contributed by atoms with E-state index in [-0.39, 0.29) is 12.0 Å². The second-order valence-electron chi connectivity index (χ2n) is 5.35. The SMILES string of the molecule is NC1CCCCC1c1nc(CSc2cccc(Cl)c2)no1. The first-order valence-electron chi connectivity index (χ1n) is 7.19. The van der Waals surface area contributed by atoms with E-state index in [1.54, 1.807) is 11.8 Å². The van der Waals surface area contributed by atoms with Crippen LogP contribution in [0.1, 0.15) is 43.3 Å². The number of benzene rings is 1. The van der Waals surface area contributed by atoms with Crippen molar-refractivity contribution in [2.45, 2.75) is 48.3 Å². The Balaban J connectivity index is 1.62. The van der Waals surface area contributed by atoms with Gasteiger partial charge < -0.3 is 10.3 Å². The monoisotopic (exact) mass is 323 g/mol. The van der Waals surface area contributed by atoms with Crippen LogP contribution in [-0.4, -0.2) is 16.2 Å². The molecule has 1 saturated carbocycles. The summed E-state index contributed by atoms with van der Waals surface area (Å²) in [5.74, 6) is 2.30. The fraction of sp³-hybridized carbons (Fsp3) is 0.467. The van der Waals surface area contributed by atoms with Crippen molar-refractivity contribution in [2.75, 3.05) is 0 Å². The predicted molar refractivity (Wildman–Crippen MR) is 84.5 cm³/mol. The van der Waals surface area contributed by atoms with E-state index in [0.717, 1.165) is 22.8 Å². The van der Waals surface area contributed by atoms with Crippen molar-refractivity contribution in [1.82, 2.24) is 10.1 Å². The highest BCUT2D eigenvalue weighted by Gasteiger charge is 2.28. The second kappa shape index (κ2) is 6.81. The van der Waals surface area contributed by atoms with E-state index in [1.807, 2.05) is 24.3 Å². The molecule has 1 heterocycles. The van der Waals surface area contributed by atoms with Crippen molar-refractivity contribution in [1.29, 1.82) is 0 Å². The molecule has 1 aliphatic carbocycles. The van der Waals surface area contributed by atoms with Crippen LogP contribution in [0.15, 0.2) is 33.7 Å². The Morgan fingerprint density at radius 1 is 1.33 bits per heavy atom. The van der Waals surface area contributed by atoms with Crippen molar-refractivity contribution in [3.05, 3.63) is 41.0 Å². The highest BCUT2D eigenvalue weighted by atomic mass is 35.5. The van der Waals surface area contributed by atoms with E-state index in [4.69, 9.17) is 21.9 Å². The third-order valence-corrected chi connectivity index (χ3v) is 5.01. The zero-order valence-corrected chi connectivity index (χ0v) is 13.2. The Morgan fingerprint density at radius 2 is 2.19 bits per heavy atom. The van der Waals surface area contributed by atoms with E-state index >= 15 is 0 Å². The maximum atomic E-state index is 6.15. The zero-order valence-electron chi connectivity index (χ0n) is 11.7. The van der Waals surface area contributed by atoms with Crippen LogP contribution >= 0.6 is 23.4 Å². The Bertz CT molecular complexity index is 604. The predicted octanol–water partition coefficient (Wildman–Crippen LogP) is 4.00. The van der Waals surface area contributed by atoms with Crippen molar-refractivity contribution >= 4 is 23.4 Å². The lowest BCUT2D eigenvalue weighted by Gasteiger charge is -2.25. The number of hydrogen-bond donors (Lipinski definition) is 1. The van der Waals surface area contributed by atoms with Crippen LogP contribution in [0.3, 0.4) is 0 Å². The minimum Gasteiger partial charge on any atom is -0.339 e. The molecule has 0 saturated heterocycles. The van der Waals surface area contributed by atoms with Crippen LogP contribution in [0.4, 0.5) is 0 Å². The van der Waals surface area contributed by atoms with Gasteiger partial charge >= 0.3 is 0 Å². The largest absolute Gasteiger partial charge is 0.339 e. The quantitative estimate of drug-likeness (QED) is 0.861. The summed E-state index contributed by atoms with van der Waals surface area (Å²) in [5.41, 5.74) is 6.15. The van der Waals surface area contributed by atoms with Gasteiger partial charge in [0.1, 0.15) is 0 Å². The molecule has 4 nitrogen and oxygen atoms in total. The summed E-state index contributed by atoms with van der Waals surface area (Å²) in [7, 11) is 0. The minimum atomic E-state index is 0.146. The summed E-state index contributed by atoms with van der Waals surface area (Å²) in [5, 5.41) is 4.81. The highest BCUT2D eigenvalue weighted by molar-refractivity contribution is 7.98. The topological polar surface area (TPSA) is 64.9 Å². The summed E-state index contributed by atoms with van der Waals surface area (Å²) in [6.07, 6.45) is 4.47. The third-order valence-electron chi connectivity index (χ3n) is 3.78. The van der Waals surface area contributed by atoms with Gasteiger partial charge in [-0.2, -0.15) is 4.98 Å². The molecule has 1 aliphatic rings. The van der Waals surface area contributed by atoms with Crippen molar-refractivity contribution < 1.29 is 4.52 Å². The molecule has 0 spiro atoms. The summed E-state index contributed by atoms with van der Waals surface area (Å²) in [4.78, 5) is 5.61. The van der Waals surface area contributed by atoms with Gasteiger partial charge in [-0.05, 0) is 31.0 Å². The van der Waals surface area contributed by atoms with E-state index in [1.165, 1.54) is 12.8 Å². The molecule has 1 fully saturated rings. The number of aromatic nitrogens is 2. The number of thioether (sulfide) groups is 1. The number of nitrogens with two attached hydrogens (primary N) is 1. The standard InChI is InChI=1S/C15H18ClN3OS/c16-10-4-3-5-11(8-10)21-9-14-18-15(20-19-14)12-6-1-2-7-13(12)17/h3-5,8,12-13H,1-2,6-7,9,17H2. The fourth-order valence-electron chi connectivity index (χ4n) is 2.65. The van der Waals surface area contributed by atoms with Crippen LogP contribution in [0.2, 0.25) is 5.02 Å². The molecular weight excluding hydrogens is 306 g/mol. The van der Waals surface area contributed by atoms with Gasteiger partial charge in [0, 0.05) is 16.0 Å². The maximum absolute atomic E-state index is 6.15. The average molecular weight is 324 g/mol. The van der Waals surface area contributed by atoms with Gasteiger partial charge in [-0.25, -0.2) is 0 Å². The average Bonchev–Trinajstić information content (AvgIpc) is 2.94. The van der Waals surface area contributed by atoms with Crippen molar-refractivity contribution in [3.63, 3.8) is 0 Å². The Kier molecular flexibility index (Phi) is 4.83. The van der Waals surface area contributed by atoms with Crippen LogP contribution < -0.4 is 5.73 Å². The summed E-state index contributed by atoms with van der Waals surface area (Å²) in [6.45, 7) is 0. The van der Waals surface area contributed by atoms with Crippen molar-refractivity contribution in [2.24, 2.45) is 5.73 Å². The Labute approximate surface area is 133 Å². The van der Waals surface area contributed by atoms with Crippen LogP contribution in [0.5, 0.6) is 0 Å². The molecule has 0 amide bonds. The van der Waals surface area contributed by atoms with E-state index in [0.29, 0.717) is 17.5 Å². The van der Waals surface area contributed by atoms with Gasteiger partial charge in [-0.1, -0.05) is 35.7 Å². The van der Waals surface area contributed by atoms with Gasteiger partial charge in [0.05, 0.1) is 11.7 Å². The summed E-state index contributed by atoms with van der Waals surface area (Å²) < 4.78 is 5.41. The zero-order chi connectivity index (χ0) is 14.7. The molecule has 2 aromatic rings. The first-order chi connectivity index (χ1) is 10.2. The molecule has 2 unspecified atom stereocenters. The molecule has 3 rings (SSSR count). The molecule has 1 aromatic carbocycles. The van der Waals surface area contributed by atoms with Crippen LogP contribution in [0.25, 0.3) is 0 Å². The normalized spacial score (nSPS) is 22.4. The van der Waals surface area contributed by atoms with Crippen molar-refractivity contribution in [3.8, 4) is 0 Å². The van der Waals surface area contributed by atoms with Gasteiger partial charge in [-0.15, -0.1) is 11.8 Å². The van der Waals surface area contributed by atoms with E-state index in [2.05, 4.69) is 10.1 Å². The molecule has 0 aliphatic heterocycles. The van der Waals surface area contributed by atoms with Gasteiger partial charge in [0.15, 0.2) is 5.82 Å². The minimum absolute atomic E-state index is 0.146. The number of hydrogen-bond acceptors (Lipinski definition) is 5. The van der Waals surface area contributed by atoms with Gasteiger partial charge in [-0.3, -0.25) is 0 Å². The molecule has 2 N–H and O–H groups in total. The number of nitrogens with zero attached hydrogens (tertiary/aromatic N) is 2. The fourth-order valence-corrected chi connectivity index (χ4v) is 3.70. The summed E-state index contributed by atoms with van der Waals surface area (Å²) in [6, 6.07) is 7.90. The van der Waals surface area contributed by atoms with E-state index in [9.17, 15) is 0 Å². The number of rotatable bonds is 4. The lowest BCUT2D eigenvalue weighted by molar-refractivity contribution is 0.289. The van der Waals surface area contributed by atoms with Crippen LogP contribution in [-0.2, 0) is 5.75 Å². The molecule has 21 heavy (non-hydrogen) atoms. The highest BCUT2D eigenvalue weighted by Crippen LogP contribution is 2.31. The summed E-state index contributed by atoms with van der Waals surface area (Å²) >= 11 is 7.62.